The Hall–Kier alpha value is -2.39. The molecule has 0 saturated heterocycles. The first-order valence-electron chi connectivity index (χ1n) is 6.29. The Morgan fingerprint density at radius 1 is 1.39 bits per heavy atom. The van der Waals surface area contributed by atoms with E-state index in [9.17, 15) is 14.4 Å². The number of carboxylic acids is 1. The second kappa shape index (κ2) is 7.75. The zero-order chi connectivity index (χ0) is 16.8. The van der Waals surface area contributed by atoms with Gasteiger partial charge in [-0.2, -0.15) is 0 Å². The molecular weight excluding hydrogens is 340 g/mol. The predicted octanol–water partition coefficient (Wildman–Crippen LogP) is 2.36. The number of nitrogens with one attached hydrogen (secondary N) is 1. The maximum absolute atomic E-state index is 12.0. The van der Waals surface area contributed by atoms with Crippen molar-refractivity contribution in [3.8, 4) is 0 Å². The molecule has 2 aromatic heterocycles. The summed E-state index contributed by atoms with van der Waals surface area (Å²) >= 11 is 2.17. The molecule has 9 heteroatoms. The Kier molecular flexibility index (Phi) is 5.72. The van der Waals surface area contributed by atoms with Gasteiger partial charge in [0.15, 0.2) is 0 Å². The first-order chi connectivity index (χ1) is 11.0. The van der Waals surface area contributed by atoms with Gasteiger partial charge in [-0.15, -0.1) is 11.3 Å². The number of carbonyl (C=O) groups excluding carboxylic acids is 2. The molecule has 2 aromatic rings. The number of pyridine rings is 1. The molecule has 0 aliphatic heterocycles. The Labute approximate surface area is 139 Å². The molecule has 0 spiro atoms. The van der Waals surface area contributed by atoms with Crippen molar-refractivity contribution in [3.05, 3.63) is 40.2 Å². The van der Waals surface area contributed by atoms with Gasteiger partial charge in [-0.25, -0.2) is 14.6 Å². The summed E-state index contributed by atoms with van der Waals surface area (Å²) in [5, 5.41) is 13.6. The van der Waals surface area contributed by atoms with Crippen LogP contribution in [0.4, 0.5) is 5.69 Å². The molecule has 2 heterocycles. The standard InChI is InChI=1S/C14H12N2O5S2/c1-21-14(20)11-9(4-6-22-11)16-10(17)7-23-12-8(13(18)19)3-2-5-15-12/h2-6H,7H2,1H3,(H,16,17)(H,18,19). The summed E-state index contributed by atoms with van der Waals surface area (Å²) in [6.07, 6.45) is 1.46. The summed E-state index contributed by atoms with van der Waals surface area (Å²) in [6, 6.07) is 4.54. The van der Waals surface area contributed by atoms with E-state index in [2.05, 4.69) is 15.0 Å². The molecule has 0 aromatic carbocycles. The summed E-state index contributed by atoms with van der Waals surface area (Å²) in [5.41, 5.74) is 0.406. The number of esters is 1. The summed E-state index contributed by atoms with van der Waals surface area (Å²) in [7, 11) is 1.26. The molecular formula is C14H12N2O5S2. The fourth-order valence-corrected chi connectivity index (χ4v) is 3.20. The van der Waals surface area contributed by atoms with E-state index in [1.165, 1.54) is 25.4 Å². The largest absolute Gasteiger partial charge is 0.478 e. The van der Waals surface area contributed by atoms with Crippen LogP contribution >= 0.6 is 23.1 Å². The van der Waals surface area contributed by atoms with Gasteiger partial charge in [-0.1, -0.05) is 11.8 Å². The number of hydrogen-bond donors (Lipinski definition) is 2. The number of carbonyl (C=O) groups is 3. The zero-order valence-electron chi connectivity index (χ0n) is 11.9. The van der Waals surface area contributed by atoms with Gasteiger partial charge in [-0.05, 0) is 23.6 Å². The number of nitrogens with zero attached hydrogens (tertiary/aromatic N) is 1. The smallest absolute Gasteiger partial charge is 0.350 e. The van der Waals surface area contributed by atoms with E-state index in [0.29, 0.717) is 10.6 Å². The van der Waals surface area contributed by atoms with E-state index in [1.807, 2.05) is 0 Å². The fraction of sp³-hybridized carbons (Fsp3) is 0.143. The number of ether oxygens (including phenoxy) is 1. The number of rotatable bonds is 6. The highest BCUT2D eigenvalue weighted by Gasteiger charge is 2.17. The fourth-order valence-electron chi connectivity index (χ4n) is 1.65. The Morgan fingerprint density at radius 2 is 2.17 bits per heavy atom. The lowest BCUT2D eigenvalue weighted by Gasteiger charge is -2.06. The van der Waals surface area contributed by atoms with Gasteiger partial charge in [0.2, 0.25) is 5.91 Å². The van der Waals surface area contributed by atoms with Crippen molar-refractivity contribution in [1.29, 1.82) is 0 Å². The molecule has 2 N–H and O–H groups in total. The van der Waals surface area contributed by atoms with Gasteiger partial charge in [0.1, 0.15) is 9.90 Å². The maximum atomic E-state index is 12.0. The summed E-state index contributed by atoms with van der Waals surface area (Å²) in [4.78, 5) is 38.8. The second-order valence-corrected chi connectivity index (χ2v) is 6.03. The predicted molar refractivity (Wildman–Crippen MR) is 86.2 cm³/mol. The van der Waals surface area contributed by atoms with E-state index in [-0.39, 0.29) is 22.2 Å². The number of thiophene rings is 1. The lowest BCUT2D eigenvalue weighted by atomic mass is 10.3. The molecule has 0 atom stereocenters. The van der Waals surface area contributed by atoms with Crippen LogP contribution in [0.15, 0.2) is 34.8 Å². The van der Waals surface area contributed by atoms with Crippen LogP contribution in [0.1, 0.15) is 20.0 Å². The Bertz CT molecular complexity index is 744. The molecule has 120 valence electrons. The van der Waals surface area contributed by atoms with Crippen molar-refractivity contribution in [2.24, 2.45) is 0 Å². The molecule has 0 saturated carbocycles. The van der Waals surface area contributed by atoms with Crippen LogP contribution in [0, 0.1) is 0 Å². The van der Waals surface area contributed by atoms with E-state index in [4.69, 9.17) is 5.11 Å². The average molecular weight is 352 g/mol. The quantitative estimate of drug-likeness (QED) is 0.607. The van der Waals surface area contributed by atoms with Crippen molar-refractivity contribution in [2.45, 2.75) is 5.03 Å². The molecule has 23 heavy (non-hydrogen) atoms. The molecule has 0 aliphatic carbocycles. The Balaban J connectivity index is 2.00. The van der Waals surface area contributed by atoms with Crippen LogP contribution in [0.3, 0.4) is 0 Å². The van der Waals surface area contributed by atoms with E-state index in [1.54, 1.807) is 11.4 Å². The van der Waals surface area contributed by atoms with Gasteiger partial charge < -0.3 is 15.2 Å². The minimum atomic E-state index is -1.10. The Morgan fingerprint density at radius 3 is 2.87 bits per heavy atom. The number of thioether (sulfide) groups is 1. The lowest BCUT2D eigenvalue weighted by molar-refractivity contribution is -0.113. The highest BCUT2D eigenvalue weighted by atomic mass is 32.2. The third-order valence-corrected chi connectivity index (χ3v) is 4.55. The van der Waals surface area contributed by atoms with E-state index in [0.717, 1.165) is 23.1 Å². The topological polar surface area (TPSA) is 106 Å². The highest BCUT2D eigenvalue weighted by molar-refractivity contribution is 8.00. The van der Waals surface area contributed by atoms with E-state index >= 15 is 0 Å². The zero-order valence-corrected chi connectivity index (χ0v) is 13.6. The number of aromatic nitrogens is 1. The highest BCUT2D eigenvalue weighted by Crippen LogP contribution is 2.24. The molecule has 2 rings (SSSR count). The number of aromatic carboxylic acids is 1. The van der Waals surface area contributed by atoms with Crippen molar-refractivity contribution >= 4 is 46.6 Å². The molecule has 0 bridgehead atoms. The van der Waals surface area contributed by atoms with Crippen LogP contribution in [0.25, 0.3) is 0 Å². The molecule has 0 fully saturated rings. The van der Waals surface area contributed by atoms with Crippen molar-refractivity contribution in [1.82, 2.24) is 4.98 Å². The molecule has 0 unspecified atom stereocenters. The van der Waals surface area contributed by atoms with Crippen molar-refractivity contribution in [2.75, 3.05) is 18.2 Å². The summed E-state index contributed by atoms with van der Waals surface area (Å²) < 4.78 is 4.63. The minimum Gasteiger partial charge on any atom is -0.478 e. The normalized spacial score (nSPS) is 10.1. The molecule has 0 aliphatic rings. The van der Waals surface area contributed by atoms with Crippen molar-refractivity contribution in [3.63, 3.8) is 0 Å². The first kappa shape index (κ1) is 17.0. The minimum absolute atomic E-state index is 0.0340. The van der Waals surface area contributed by atoms with Gasteiger partial charge in [0.25, 0.3) is 0 Å². The number of amides is 1. The van der Waals surface area contributed by atoms with Crippen LogP contribution in [-0.4, -0.2) is 40.8 Å². The average Bonchev–Trinajstić information content (AvgIpc) is 3.00. The van der Waals surface area contributed by atoms with Crippen molar-refractivity contribution < 1.29 is 24.2 Å². The number of anilines is 1. The van der Waals surface area contributed by atoms with Crippen LogP contribution in [0.2, 0.25) is 0 Å². The van der Waals surface area contributed by atoms with Crippen LogP contribution in [-0.2, 0) is 9.53 Å². The molecule has 0 radical (unpaired) electrons. The summed E-state index contributed by atoms with van der Waals surface area (Å²) in [6.45, 7) is 0. The van der Waals surface area contributed by atoms with Crippen LogP contribution < -0.4 is 5.32 Å². The maximum Gasteiger partial charge on any atom is 0.350 e. The summed E-state index contributed by atoms with van der Waals surface area (Å²) in [5.74, 6) is -2.04. The van der Waals surface area contributed by atoms with Gasteiger partial charge in [-0.3, -0.25) is 4.79 Å². The molecule has 1 amide bonds. The monoisotopic (exact) mass is 352 g/mol. The van der Waals surface area contributed by atoms with Gasteiger partial charge in [0, 0.05) is 6.20 Å². The van der Waals surface area contributed by atoms with E-state index < -0.39 is 11.9 Å². The lowest BCUT2D eigenvalue weighted by Crippen LogP contribution is -2.16. The third-order valence-electron chi connectivity index (χ3n) is 2.65. The van der Waals surface area contributed by atoms with Gasteiger partial charge in [0.05, 0.1) is 24.1 Å². The molecule has 7 nitrogen and oxygen atoms in total. The second-order valence-electron chi connectivity index (χ2n) is 4.15. The number of hydrogen-bond acceptors (Lipinski definition) is 7. The SMILES string of the molecule is COC(=O)c1sccc1NC(=O)CSc1ncccc1C(=O)O. The number of methoxy groups -OCH3 is 1. The van der Waals surface area contributed by atoms with Gasteiger partial charge >= 0.3 is 11.9 Å². The van der Waals surface area contributed by atoms with Crippen LogP contribution in [0.5, 0.6) is 0 Å². The number of carboxylic acid groups (broad SMARTS) is 1. The first-order valence-corrected chi connectivity index (χ1v) is 8.16. The third kappa shape index (κ3) is 4.30.